The Hall–Kier alpha value is -1.57. The number of rotatable bonds is 2. The van der Waals surface area contributed by atoms with E-state index >= 15 is 0 Å². The van der Waals surface area contributed by atoms with Gasteiger partial charge in [0.05, 0.1) is 10.7 Å². The van der Waals surface area contributed by atoms with Gasteiger partial charge in [-0.1, -0.05) is 23.2 Å². The molecule has 0 saturated carbocycles. The molecule has 0 spiro atoms. The van der Waals surface area contributed by atoms with Gasteiger partial charge in [-0.05, 0) is 30.4 Å². The van der Waals surface area contributed by atoms with Crippen LogP contribution in [-0.4, -0.2) is 5.11 Å². The molecule has 0 atom stereocenters. The highest BCUT2D eigenvalue weighted by Gasteiger charge is 2.20. The molecule has 0 unspecified atom stereocenters. The smallest absolute Gasteiger partial charge is 0.185 e. The molecule has 116 valence electrons. The molecule has 2 rings (SSSR count). The Bertz CT molecular complexity index is 729. The first-order valence-electron chi connectivity index (χ1n) is 5.65. The molecule has 2 aromatic carbocycles. The molecule has 22 heavy (non-hydrogen) atoms. The summed E-state index contributed by atoms with van der Waals surface area (Å²) in [4.78, 5) is 0. The molecule has 0 saturated heterocycles. The Morgan fingerprint density at radius 1 is 0.909 bits per heavy atom. The Morgan fingerprint density at radius 2 is 1.50 bits per heavy atom. The Balaban J connectivity index is 2.25. The van der Waals surface area contributed by atoms with E-state index in [-0.39, 0.29) is 21.9 Å². The van der Waals surface area contributed by atoms with Gasteiger partial charge < -0.3 is 10.6 Å². The summed E-state index contributed by atoms with van der Waals surface area (Å²) < 4.78 is 53.2. The first kappa shape index (κ1) is 16.8. The van der Waals surface area contributed by atoms with Crippen molar-refractivity contribution in [2.75, 3.05) is 10.6 Å². The maximum absolute atomic E-state index is 13.5. The quantitative estimate of drug-likeness (QED) is 0.424. The second-order valence-corrected chi connectivity index (χ2v) is 5.30. The second kappa shape index (κ2) is 6.68. The van der Waals surface area contributed by atoms with E-state index in [1.807, 2.05) is 5.32 Å². The third-order valence-corrected chi connectivity index (χ3v) is 3.30. The van der Waals surface area contributed by atoms with E-state index in [4.69, 9.17) is 35.4 Å². The van der Waals surface area contributed by atoms with Gasteiger partial charge in [0.25, 0.3) is 0 Å². The van der Waals surface area contributed by atoms with Crippen molar-refractivity contribution in [2.24, 2.45) is 0 Å². The summed E-state index contributed by atoms with van der Waals surface area (Å²) in [5.74, 6) is -6.30. The Morgan fingerprint density at radius 3 is 2.09 bits per heavy atom. The van der Waals surface area contributed by atoms with Crippen LogP contribution in [-0.2, 0) is 0 Å². The van der Waals surface area contributed by atoms with Gasteiger partial charge in [-0.3, -0.25) is 0 Å². The van der Waals surface area contributed by atoms with Crippen molar-refractivity contribution < 1.29 is 17.6 Å². The Kier molecular flexibility index (Phi) is 5.10. The minimum absolute atomic E-state index is 0.0974. The third-order valence-electron chi connectivity index (χ3n) is 2.53. The van der Waals surface area contributed by atoms with Gasteiger partial charge in [-0.25, -0.2) is 17.6 Å². The van der Waals surface area contributed by atoms with Gasteiger partial charge in [0.15, 0.2) is 28.4 Å². The molecular formula is C13H6Cl2F4N2S. The van der Waals surface area contributed by atoms with Crippen molar-refractivity contribution in [1.29, 1.82) is 0 Å². The molecule has 0 radical (unpaired) electrons. The highest BCUT2D eigenvalue weighted by atomic mass is 35.5. The Labute approximate surface area is 138 Å². The van der Waals surface area contributed by atoms with E-state index in [0.717, 1.165) is 0 Å². The van der Waals surface area contributed by atoms with Crippen molar-refractivity contribution in [3.63, 3.8) is 0 Å². The van der Waals surface area contributed by atoms with E-state index in [1.165, 1.54) is 18.2 Å². The van der Waals surface area contributed by atoms with Crippen LogP contribution < -0.4 is 10.6 Å². The summed E-state index contributed by atoms with van der Waals surface area (Å²) in [7, 11) is 0. The lowest BCUT2D eigenvalue weighted by Crippen LogP contribution is -2.21. The average Bonchev–Trinajstić information content (AvgIpc) is 2.45. The van der Waals surface area contributed by atoms with Crippen LogP contribution in [0.25, 0.3) is 0 Å². The predicted octanol–water partition coefficient (Wildman–Crippen LogP) is 5.36. The lowest BCUT2D eigenvalue weighted by Gasteiger charge is -2.13. The maximum atomic E-state index is 13.5. The molecule has 0 aliphatic carbocycles. The van der Waals surface area contributed by atoms with E-state index in [2.05, 4.69) is 5.32 Å². The van der Waals surface area contributed by atoms with Crippen LogP contribution in [0.1, 0.15) is 0 Å². The maximum Gasteiger partial charge on any atom is 0.185 e. The summed E-state index contributed by atoms with van der Waals surface area (Å²) in [6.07, 6.45) is 0. The molecule has 0 aromatic heterocycles. The normalized spacial score (nSPS) is 10.5. The number of benzene rings is 2. The van der Waals surface area contributed by atoms with Crippen LogP contribution in [0, 0.1) is 23.3 Å². The molecule has 0 aliphatic rings. The minimum Gasteiger partial charge on any atom is -0.331 e. The molecule has 0 aliphatic heterocycles. The number of nitrogens with one attached hydrogen (secondary N) is 2. The number of hydrogen-bond donors (Lipinski definition) is 2. The first-order chi connectivity index (χ1) is 10.3. The SMILES string of the molecule is Fc1cc(F)c(F)c(NC(=S)Nc2cc(Cl)ccc2Cl)c1F. The third kappa shape index (κ3) is 3.60. The van der Waals surface area contributed by atoms with Gasteiger partial charge in [0.1, 0.15) is 5.69 Å². The van der Waals surface area contributed by atoms with Gasteiger partial charge in [0, 0.05) is 11.1 Å². The van der Waals surface area contributed by atoms with Gasteiger partial charge in [-0.2, -0.15) is 0 Å². The largest absolute Gasteiger partial charge is 0.331 e. The molecule has 0 heterocycles. The number of anilines is 2. The molecule has 0 bridgehead atoms. The van der Waals surface area contributed by atoms with Crippen LogP contribution in [0.15, 0.2) is 24.3 Å². The summed E-state index contributed by atoms with van der Waals surface area (Å²) >= 11 is 16.5. The number of thiocarbonyl (C=S) groups is 1. The molecule has 0 fully saturated rings. The van der Waals surface area contributed by atoms with Gasteiger partial charge in [0.2, 0.25) is 0 Å². The van der Waals surface area contributed by atoms with Crippen molar-refractivity contribution in [3.05, 3.63) is 57.6 Å². The van der Waals surface area contributed by atoms with E-state index < -0.39 is 29.0 Å². The van der Waals surface area contributed by atoms with Crippen molar-refractivity contribution in [2.45, 2.75) is 0 Å². The van der Waals surface area contributed by atoms with Crippen molar-refractivity contribution in [1.82, 2.24) is 0 Å². The van der Waals surface area contributed by atoms with Crippen molar-refractivity contribution in [3.8, 4) is 0 Å². The molecule has 2 N–H and O–H groups in total. The second-order valence-electron chi connectivity index (χ2n) is 4.05. The molecule has 2 nitrogen and oxygen atoms in total. The van der Waals surface area contributed by atoms with Crippen LogP contribution in [0.4, 0.5) is 28.9 Å². The van der Waals surface area contributed by atoms with Gasteiger partial charge >= 0.3 is 0 Å². The zero-order valence-corrected chi connectivity index (χ0v) is 12.8. The zero-order chi connectivity index (χ0) is 16.4. The first-order valence-corrected chi connectivity index (χ1v) is 6.82. The summed E-state index contributed by atoms with van der Waals surface area (Å²) in [5, 5.41) is 4.81. The van der Waals surface area contributed by atoms with Crippen LogP contribution in [0.3, 0.4) is 0 Å². The average molecular weight is 369 g/mol. The van der Waals surface area contributed by atoms with Crippen LogP contribution in [0.2, 0.25) is 10.0 Å². The van der Waals surface area contributed by atoms with E-state index in [9.17, 15) is 17.6 Å². The predicted molar refractivity (Wildman–Crippen MR) is 82.6 cm³/mol. The summed E-state index contributed by atoms with van der Waals surface area (Å²) in [6.45, 7) is 0. The molecule has 2 aromatic rings. The number of hydrogen-bond acceptors (Lipinski definition) is 1. The standard InChI is InChI=1S/C13H6Cl2F4N2S/c14-5-1-2-6(15)9(3-5)20-13(22)21-12-10(18)7(16)4-8(17)11(12)19/h1-4H,(H2,20,21,22). The molecular weight excluding hydrogens is 363 g/mol. The topological polar surface area (TPSA) is 24.1 Å². The van der Waals surface area contributed by atoms with Gasteiger partial charge in [-0.15, -0.1) is 0 Å². The molecule has 0 amide bonds. The highest BCUT2D eigenvalue weighted by molar-refractivity contribution is 7.80. The summed E-state index contributed by atoms with van der Waals surface area (Å²) in [6, 6.07) is 4.50. The fraction of sp³-hybridized carbons (Fsp3) is 0. The fourth-order valence-electron chi connectivity index (χ4n) is 1.54. The van der Waals surface area contributed by atoms with Crippen LogP contribution in [0.5, 0.6) is 0 Å². The van der Waals surface area contributed by atoms with Crippen molar-refractivity contribution >= 4 is 51.9 Å². The van der Waals surface area contributed by atoms with E-state index in [0.29, 0.717) is 5.02 Å². The minimum atomic E-state index is -1.60. The number of halogens is 6. The monoisotopic (exact) mass is 368 g/mol. The molecule has 9 heteroatoms. The lowest BCUT2D eigenvalue weighted by atomic mass is 10.2. The van der Waals surface area contributed by atoms with E-state index in [1.54, 1.807) is 0 Å². The summed E-state index contributed by atoms with van der Waals surface area (Å²) in [5.41, 5.74) is -0.794. The zero-order valence-electron chi connectivity index (χ0n) is 10.5. The highest BCUT2D eigenvalue weighted by Crippen LogP contribution is 2.27. The van der Waals surface area contributed by atoms with Crippen LogP contribution >= 0.6 is 35.4 Å². The lowest BCUT2D eigenvalue weighted by molar-refractivity contribution is 0.459. The fourth-order valence-corrected chi connectivity index (χ4v) is 2.09.